The Morgan fingerprint density at radius 1 is 1.23 bits per heavy atom. The summed E-state index contributed by atoms with van der Waals surface area (Å²) in [5.41, 5.74) is 2.06. The van der Waals surface area contributed by atoms with Crippen LogP contribution in [-0.4, -0.2) is 20.7 Å². The van der Waals surface area contributed by atoms with Crippen LogP contribution >= 0.6 is 11.8 Å². The van der Waals surface area contributed by atoms with Crippen molar-refractivity contribution in [1.82, 2.24) is 15.0 Å². The van der Waals surface area contributed by atoms with E-state index in [0.29, 0.717) is 0 Å². The molecule has 0 saturated heterocycles. The molecule has 1 aromatic carbocycles. The molecule has 3 aromatic rings. The van der Waals surface area contributed by atoms with Crippen LogP contribution in [0.5, 0.6) is 0 Å². The first-order chi connectivity index (χ1) is 10.5. The largest absolute Gasteiger partial charge is 0.449 e. The average molecular weight is 323 g/mol. The van der Waals surface area contributed by atoms with Gasteiger partial charge in [0.15, 0.2) is 5.65 Å². The molecule has 0 bridgehead atoms. The minimum atomic E-state index is -4.50. The predicted octanol–water partition coefficient (Wildman–Crippen LogP) is 4.76. The highest BCUT2D eigenvalue weighted by Crippen LogP contribution is 2.33. The van der Waals surface area contributed by atoms with E-state index in [9.17, 15) is 13.2 Å². The zero-order valence-electron chi connectivity index (χ0n) is 11.6. The predicted molar refractivity (Wildman–Crippen MR) is 80.7 cm³/mol. The highest BCUT2D eigenvalue weighted by molar-refractivity contribution is 7.99. The smallest absolute Gasteiger partial charge is 0.333 e. The van der Waals surface area contributed by atoms with Crippen molar-refractivity contribution >= 4 is 22.9 Å². The number of hydrogen-bond donors (Lipinski definition) is 1. The summed E-state index contributed by atoms with van der Waals surface area (Å²) >= 11 is 1.68. The average Bonchev–Trinajstić information content (AvgIpc) is 2.91. The maximum Gasteiger partial charge on any atom is 0.449 e. The highest BCUT2D eigenvalue weighted by Gasteiger charge is 2.35. The first-order valence-corrected chi connectivity index (χ1v) is 7.62. The summed E-state index contributed by atoms with van der Waals surface area (Å²) in [7, 11) is 0. The third kappa shape index (κ3) is 2.81. The van der Waals surface area contributed by atoms with Crippen molar-refractivity contribution in [2.45, 2.75) is 18.0 Å². The SMILES string of the molecule is CCSc1ccccc1-c1cnc2nc(C(F)(F)F)[nH]c2c1. The van der Waals surface area contributed by atoms with Gasteiger partial charge in [-0.1, -0.05) is 25.1 Å². The molecule has 3 rings (SSSR count). The molecule has 114 valence electrons. The molecule has 0 saturated carbocycles. The van der Waals surface area contributed by atoms with Gasteiger partial charge >= 0.3 is 6.18 Å². The quantitative estimate of drug-likeness (QED) is 0.707. The fraction of sp³-hybridized carbons (Fsp3) is 0.200. The van der Waals surface area contributed by atoms with E-state index in [1.165, 1.54) is 0 Å². The summed E-state index contributed by atoms with van der Waals surface area (Å²) in [5, 5.41) is 0. The molecule has 1 N–H and O–H groups in total. The lowest BCUT2D eigenvalue weighted by atomic mass is 10.1. The van der Waals surface area contributed by atoms with Gasteiger partial charge in [-0.25, -0.2) is 9.97 Å². The number of imidazole rings is 1. The summed E-state index contributed by atoms with van der Waals surface area (Å²) in [6.45, 7) is 2.05. The Labute approximate surface area is 129 Å². The Morgan fingerprint density at radius 2 is 2.00 bits per heavy atom. The molecular weight excluding hydrogens is 311 g/mol. The number of rotatable bonds is 3. The third-order valence-electron chi connectivity index (χ3n) is 3.10. The van der Waals surface area contributed by atoms with Gasteiger partial charge in [-0.15, -0.1) is 11.8 Å². The van der Waals surface area contributed by atoms with Gasteiger partial charge in [0, 0.05) is 16.7 Å². The molecule has 7 heteroatoms. The summed E-state index contributed by atoms with van der Waals surface area (Å²) in [4.78, 5) is 10.9. The van der Waals surface area contributed by atoms with Gasteiger partial charge in [-0.05, 0) is 23.4 Å². The van der Waals surface area contributed by atoms with Crippen LogP contribution in [-0.2, 0) is 6.18 Å². The van der Waals surface area contributed by atoms with Crippen molar-refractivity contribution in [1.29, 1.82) is 0 Å². The molecule has 0 radical (unpaired) electrons. The number of H-pyrrole nitrogens is 1. The van der Waals surface area contributed by atoms with E-state index in [4.69, 9.17) is 0 Å². The van der Waals surface area contributed by atoms with Gasteiger partial charge in [0.25, 0.3) is 0 Å². The van der Waals surface area contributed by atoms with Gasteiger partial charge in [0.05, 0.1) is 5.52 Å². The van der Waals surface area contributed by atoms with Crippen LogP contribution < -0.4 is 0 Å². The lowest BCUT2D eigenvalue weighted by molar-refractivity contribution is -0.144. The molecule has 0 aliphatic carbocycles. The Kier molecular flexibility index (Phi) is 3.82. The number of fused-ring (bicyclic) bond motifs is 1. The maximum atomic E-state index is 12.7. The van der Waals surface area contributed by atoms with Crippen molar-refractivity contribution in [3.8, 4) is 11.1 Å². The number of thioether (sulfide) groups is 1. The molecule has 3 nitrogen and oxygen atoms in total. The van der Waals surface area contributed by atoms with Crippen LogP contribution in [0, 0.1) is 0 Å². The van der Waals surface area contributed by atoms with Crippen molar-refractivity contribution < 1.29 is 13.2 Å². The van der Waals surface area contributed by atoms with Gasteiger partial charge in [0.1, 0.15) is 0 Å². The van der Waals surface area contributed by atoms with Gasteiger partial charge in [0.2, 0.25) is 5.82 Å². The number of benzene rings is 1. The van der Waals surface area contributed by atoms with Gasteiger partial charge in [-0.3, -0.25) is 0 Å². The zero-order chi connectivity index (χ0) is 15.7. The second-order valence-corrected chi connectivity index (χ2v) is 5.91. The Morgan fingerprint density at radius 3 is 2.73 bits per heavy atom. The topological polar surface area (TPSA) is 41.6 Å². The third-order valence-corrected chi connectivity index (χ3v) is 4.06. The minimum absolute atomic E-state index is 0.0664. The number of nitrogens with one attached hydrogen (secondary N) is 1. The lowest BCUT2D eigenvalue weighted by Gasteiger charge is -2.07. The van der Waals surface area contributed by atoms with Crippen molar-refractivity contribution in [3.63, 3.8) is 0 Å². The number of nitrogens with zero attached hydrogens (tertiary/aromatic N) is 2. The summed E-state index contributed by atoms with van der Waals surface area (Å²) < 4.78 is 38.1. The molecule has 0 spiro atoms. The second kappa shape index (κ2) is 5.64. The highest BCUT2D eigenvalue weighted by atomic mass is 32.2. The van der Waals surface area contributed by atoms with Crippen LogP contribution in [0.1, 0.15) is 12.7 Å². The summed E-state index contributed by atoms with van der Waals surface area (Å²) in [6, 6.07) is 9.40. The number of hydrogen-bond acceptors (Lipinski definition) is 3. The molecule has 0 unspecified atom stereocenters. The van der Waals surface area contributed by atoms with Crippen LogP contribution in [0.2, 0.25) is 0 Å². The van der Waals surface area contributed by atoms with Crippen molar-refractivity contribution in [2.24, 2.45) is 0 Å². The molecule has 0 aliphatic heterocycles. The molecule has 2 heterocycles. The second-order valence-electron chi connectivity index (χ2n) is 4.61. The minimum Gasteiger partial charge on any atom is -0.333 e. The maximum absolute atomic E-state index is 12.7. The van der Waals surface area contributed by atoms with E-state index < -0.39 is 12.0 Å². The number of aromatic amines is 1. The number of aromatic nitrogens is 3. The van der Waals surface area contributed by atoms with Gasteiger partial charge in [-0.2, -0.15) is 13.2 Å². The van der Waals surface area contributed by atoms with Crippen LogP contribution in [0.15, 0.2) is 41.4 Å². The standard InChI is InChI=1S/C15H12F3N3S/c1-2-22-12-6-4-3-5-10(12)9-7-11-13(19-8-9)21-14(20-11)15(16,17)18/h3-8H,2H2,1H3,(H,19,20,21). The Balaban J connectivity index is 2.09. The molecule has 0 atom stereocenters. The monoisotopic (exact) mass is 323 g/mol. The molecule has 22 heavy (non-hydrogen) atoms. The number of alkyl halides is 3. The van der Waals surface area contributed by atoms with Crippen LogP contribution in [0.4, 0.5) is 13.2 Å². The molecule has 2 aromatic heterocycles. The zero-order valence-corrected chi connectivity index (χ0v) is 12.4. The Hall–Kier alpha value is -2.02. The van der Waals surface area contributed by atoms with E-state index in [2.05, 4.69) is 15.0 Å². The first-order valence-electron chi connectivity index (χ1n) is 6.64. The summed E-state index contributed by atoms with van der Waals surface area (Å²) in [5.74, 6) is -0.113. The van der Waals surface area contributed by atoms with Crippen LogP contribution in [0.3, 0.4) is 0 Å². The fourth-order valence-electron chi connectivity index (χ4n) is 2.17. The number of pyridine rings is 1. The summed E-state index contributed by atoms with van der Waals surface area (Å²) in [6.07, 6.45) is -2.95. The van der Waals surface area contributed by atoms with Crippen molar-refractivity contribution in [3.05, 3.63) is 42.4 Å². The molecule has 0 aliphatic rings. The number of halogens is 3. The van der Waals surface area contributed by atoms with Crippen LogP contribution in [0.25, 0.3) is 22.3 Å². The van der Waals surface area contributed by atoms with Gasteiger partial charge < -0.3 is 4.98 Å². The molecule has 0 fully saturated rings. The normalized spacial score (nSPS) is 12.0. The fourth-order valence-corrected chi connectivity index (χ4v) is 3.00. The Bertz CT molecular complexity index is 811. The van der Waals surface area contributed by atoms with E-state index in [-0.39, 0.29) is 11.2 Å². The lowest BCUT2D eigenvalue weighted by Crippen LogP contribution is -2.06. The van der Waals surface area contributed by atoms with E-state index in [1.54, 1.807) is 24.0 Å². The van der Waals surface area contributed by atoms with E-state index in [0.717, 1.165) is 21.8 Å². The molecule has 0 amide bonds. The van der Waals surface area contributed by atoms with E-state index in [1.807, 2.05) is 31.2 Å². The van der Waals surface area contributed by atoms with E-state index >= 15 is 0 Å². The first kappa shape index (κ1) is 14.9. The van der Waals surface area contributed by atoms with Crippen molar-refractivity contribution in [2.75, 3.05) is 5.75 Å². The molecular formula is C15H12F3N3S.